The summed E-state index contributed by atoms with van der Waals surface area (Å²) in [4.78, 5) is 14.3. The summed E-state index contributed by atoms with van der Waals surface area (Å²) in [5.74, 6) is 0.111. The highest BCUT2D eigenvalue weighted by Crippen LogP contribution is 2.22. The molecule has 136 valence electrons. The fraction of sp³-hybridized carbons (Fsp3) is 0.444. The molecule has 0 radical (unpaired) electrons. The van der Waals surface area contributed by atoms with E-state index in [9.17, 15) is 9.90 Å². The molecule has 0 aliphatic carbocycles. The van der Waals surface area contributed by atoms with Crippen LogP contribution >= 0.6 is 12.4 Å². The Hall–Kier alpha value is -2.05. The van der Waals surface area contributed by atoms with Crippen LogP contribution in [0.1, 0.15) is 42.2 Å². The van der Waals surface area contributed by atoms with Gasteiger partial charge in [0.15, 0.2) is 11.4 Å². The van der Waals surface area contributed by atoms with E-state index in [1.54, 1.807) is 16.6 Å². The van der Waals surface area contributed by atoms with E-state index in [4.69, 9.17) is 0 Å². The number of carbonyl (C=O) groups excluding carboxylic acids is 1. The number of benzene rings is 1. The van der Waals surface area contributed by atoms with Crippen LogP contribution in [0.4, 0.5) is 0 Å². The van der Waals surface area contributed by atoms with Gasteiger partial charge in [0.2, 0.25) is 0 Å². The molecule has 1 atom stereocenters. The van der Waals surface area contributed by atoms with Crippen LogP contribution in [-0.4, -0.2) is 51.9 Å². The minimum atomic E-state index is -0.251. The van der Waals surface area contributed by atoms with E-state index in [0.717, 1.165) is 25.2 Å². The zero-order valence-corrected chi connectivity index (χ0v) is 15.6. The van der Waals surface area contributed by atoms with Crippen molar-refractivity contribution in [3.05, 3.63) is 41.7 Å². The maximum Gasteiger partial charge on any atom is 0.278 e. The predicted octanol–water partition coefficient (Wildman–Crippen LogP) is 2.56. The van der Waals surface area contributed by atoms with Crippen LogP contribution in [0, 0.1) is 0 Å². The Morgan fingerprint density at radius 1 is 1.36 bits per heavy atom. The Balaban J connectivity index is 0.00000225. The molecule has 2 aromatic rings. The van der Waals surface area contributed by atoms with Crippen molar-refractivity contribution in [3.8, 4) is 11.4 Å². The Labute approximate surface area is 154 Å². The van der Waals surface area contributed by atoms with E-state index >= 15 is 0 Å². The number of likely N-dealkylation sites (N-methyl/N-ethyl adjacent to an activating group) is 1. The topological polar surface area (TPSA) is 70.4 Å². The molecule has 1 aliphatic heterocycles. The highest BCUT2D eigenvalue weighted by Gasteiger charge is 2.27. The first-order chi connectivity index (χ1) is 11.5. The standard InChI is InChI=1S/C18H24N4O2.ClH/c1-12(2)13-4-6-14(7-5-13)22-11-16(23)17(20-22)18(24)21(3)15-8-9-19-10-15;/h4-7,11-12,15,19,23H,8-10H2,1-3H3;1H. The Morgan fingerprint density at radius 2 is 2.04 bits per heavy atom. The van der Waals surface area contributed by atoms with Gasteiger partial charge in [-0.3, -0.25) is 4.79 Å². The highest BCUT2D eigenvalue weighted by atomic mass is 35.5. The molecule has 2 N–H and O–H groups in total. The van der Waals surface area contributed by atoms with Gasteiger partial charge in [-0.15, -0.1) is 12.4 Å². The van der Waals surface area contributed by atoms with Crippen LogP contribution in [0.25, 0.3) is 5.69 Å². The van der Waals surface area contributed by atoms with Gasteiger partial charge < -0.3 is 15.3 Å². The maximum absolute atomic E-state index is 12.6. The van der Waals surface area contributed by atoms with Crippen molar-refractivity contribution in [2.45, 2.75) is 32.2 Å². The van der Waals surface area contributed by atoms with Crippen LogP contribution in [0.2, 0.25) is 0 Å². The normalized spacial score (nSPS) is 16.7. The molecule has 1 saturated heterocycles. The lowest BCUT2D eigenvalue weighted by molar-refractivity contribution is 0.0734. The largest absolute Gasteiger partial charge is 0.504 e. The Bertz CT molecular complexity index is 721. The van der Waals surface area contributed by atoms with E-state index < -0.39 is 0 Å². The fourth-order valence-electron chi connectivity index (χ4n) is 2.96. The number of nitrogens with one attached hydrogen (secondary N) is 1. The van der Waals surface area contributed by atoms with Gasteiger partial charge in [0, 0.05) is 19.6 Å². The van der Waals surface area contributed by atoms with Gasteiger partial charge in [0.1, 0.15) is 0 Å². The third-order valence-corrected chi connectivity index (χ3v) is 4.62. The lowest BCUT2D eigenvalue weighted by atomic mass is 10.0. The second kappa shape index (κ2) is 7.89. The maximum atomic E-state index is 12.6. The number of carbonyl (C=O) groups is 1. The average molecular weight is 365 g/mol. The van der Waals surface area contributed by atoms with Crippen LogP contribution < -0.4 is 5.32 Å². The first-order valence-electron chi connectivity index (χ1n) is 8.34. The zero-order valence-electron chi connectivity index (χ0n) is 14.8. The number of rotatable bonds is 4. The third-order valence-electron chi connectivity index (χ3n) is 4.62. The van der Waals surface area contributed by atoms with Crippen molar-refractivity contribution in [1.29, 1.82) is 0 Å². The summed E-state index contributed by atoms with van der Waals surface area (Å²) in [5, 5.41) is 17.7. The molecular weight excluding hydrogens is 340 g/mol. The number of aromatic hydroxyl groups is 1. The minimum Gasteiger partial charge on any atom is -0.504 e. The molecule has 1 unspecified atom stereocenters. The van der Waals surface area contributed by atoms with Crippen LogP contribution in [0.3, 0.4) is 0 Å². The predicted molar refractivity (Wildman–Crippen MR) is 99.9 cm³/mol. The second-order valence-electron chi connectivity index (χ2n) is 6.62. The van der Waals surface area contributed by atoms with Crippen molar-refractivity contribution >= 4 is 18.3 Å². The molecule has 1 amide bonds. The van der Waals surface area contributed by atoms with Gasteiger partial charge in [-0.05, 0) is 36.6 Å². The molecule has 25 heavy (non-hydrogen) atoms. The van der Waals surface area contributed by atoms with E-state index in [2.05, 4.69) is 24.3 Å². The van der Waals surface area contributed by atoms with E-state index in [1.807, 2.05) is 24.3 Å². The fourth-order valence-corrected chi connectivity index (χ4v) is 2.96. The highest BCUT2D eigenvalue weighted by molar-refractivity contribution is 5.95. The van der Waals surface area contributed by atoms with Crippen molar-refractivity contribution in [3.63, 3.8) is 0 Å². The number of hydrogen-bond donors (Lipinski definition) is 2. The molecule has 3 rings (SSSR count). The summed E-state index contributed by atoms with van der Waals surface area (Å²) in [6.07, 6.45) is 2.40. The quantitative estimate of drug-likeness (QED) is 0.874. The third kappa shape index (κ3) is 3.96. The van der Waals surface area contributed by atoms with E-state index in [-0.39, 0.29) is 35.8 Å². The SMILES string of the molecule is CC(C)c1ccc(-n2cc(O)c(C(=O)N(C)C3CCNC3)n2)cc1.Cl. The van der Waals surface area contributed by atoms with Crippen molar-refractivity contribution < 1.29 is 9.90 Å². The van der Waals surface area contributed by atoms with E-state index in [1.165, 1.54) is 11.8 Å². The first-order valence-corrected chi connectivity index (χ1v) is 8.34. The van der Waals surface area contributed by atoms with Gasteiger partial charge in [-0.1, -0.05) is 26.0 Å². The molecule has 0 bridgehead atoms. The van der Waals surface area contributed by atoms with Crippen LogP contribution in [-0.2, 0) is 0 Å². The summed E-state index contributed by atoms with van der Waals surface area (Å²) in [5.41, 5.74) is 2.15. The van der Waals surface area contributed by atoms with Gasteiger partial charge >= 0.3 is 0 Å². The molecule has 7 heteroatoms. The number of hydrogen-bond acceptors (Lipinski definition) is 4. The van der Waals surface area contributed by atoms with Gasteiger partial charge in [0.25, 0.3) is 5.91 Å². The Kier molecular flexibility index (Phi) is 6.08. The summed E-state index contributed by atoms with van der Waals surface area (Å²) < 4.78 is 1.55. The van der Waals surface area contributed by atoms with Crippen LogP contribution in [0.5, 0.6) is 5.75 Å². The molecule has 1 aromatic carbocycles. The molecule has 0 saturated carbocycles. The van der Waals surface area contributed by atoms with E-state index in [0.29, 0.717) is 5.92 Å². The van der Waals surface area contributed by atoms with Gasteiger partial charge in [-0.25, -0.2) is 4.68 Å². The monoisotopic (exact) mass is 364 g/mol. The number of nitrogens with zero attached hydrogens (tertiary/aromatic N) is 3. The first kappa shape index (κ1) is 19.3. The van der Waals surface area contributed by atoms with Gasteiger partial charge in [0.05, 0.1) is 11.9 Å². The summed E-state index contributed by atoms with van der Waals surface area (Å²) >= 11 is 0. The lowest BCUT2D eigenvalue weighted by Gasteiger charge is -2.22. The van der Waals surface area contributed by atoms with Crippen molar-refractivity contribution in [2.75, 3.05) is 20.1 Å². The van der Waals surface area contributed by atoms with Gasteiger partial charge in [-0.2, -0.15) is 5.10 Å². The van der Waals surface area contributed by atoms with Crippen molar-refractivity contribution in [1.82, 2.24) is 20.0 Å². The van der Waals surface area contributed by atoms with Crippen molar-refractivity contribution in [2.24, 2.45) is 0 Å². The Morgan fingerprint density at radius 3 is 2.60 bits per heavy atom. The number of halogens is 1. The molecule has 6 nitrogen and oxygen atoms in total. The molecule has 0 spiro atoms. The number of amides is 1. The summed E-state index contributed by atoms with van der Waals surface area (Å²) in [6, 6.07) is 8.11. The lowest BCUT2D eigenvalue weighted by Crippen LogP contribution is -2.38. The zero-order chi connectivity index (χ0) is 17.3. The molecule has 2 heterocycles. The summed E-state index contributed by atoms with van der Waals surface area (Å²) in [7, 11) is 1.76. The molecule has 1 aromatic heterocycles. The van der Waals surface area contributed by atoms with Crippen LogP contribution in [0.15, 0.2) is 30.5 Å². The molecular formula is C18H25ClN4O2. The average Bonchev–Trinajstić information content (AvgIpc) is 3.23. The molecule has 1 fully saturated rings. The molecule has 1 aliphatic rings. The second-order valence-corrected chi connectivity index (χ2v) is 6.62. The number of aromatic nitrogens is 2. The summed E-state index contributed by atoms with van der Waals surface area (Å²) in [6.45, 7) is 5.96. The smallest absolute Gasteiger partial charge is 0.278 e. The minimum absolute atomic E-state index is 0.